The summed E-state index contributed by atoms with van der Waals surface area (Å²) in [5.74, 6) is 0.859. The topological polar surface area (TPSA) is 51.5 Å². The summed E-state index contributed by atoms with van der Waals surface area (Å²) in [6.45, 7) is 3.66. The molecule has 0 aliphatic rings. The maximum Gasteiger partial charge on any atom is 0.261 e. The predicted molar refractivity (Wildman–Crippen MR) is 122 cm³/mol. The SMILES string of the molecule is CC[C@@H]([NH2+]CCc1ccccc1)c1nc2ccccc2c(=O)n1Cc1ccccc1. The van der Waals surface area contributed by atoms with Crippen LogP contribution < -0.4 is 10.9 Å². The van der Waals surface area contributed by atoms with Crippen LogP contribution in [-0.2, 0) is 13.0 Å². The van der Waals surface area contributed by atoms with Crippen molar-refractivity contribution in [1.82, 2.24) is 9.55 Å². The van der Waals surface area contributed by atoms with Crippen LogP contribution in [0.2, 0.25) is 0 Å². The quantitative estimate of drug-likeness (QED) is 0.492. The van der Waals surface area contributed by atoms with Gasteiger partial charge in [0, 0.05) is 12.8 Å². The molecule has 0 bridgehead atoms. The minimum Gasteiger partial charge on any atom is -0.337 e. The minimum atomic E-state index is 0.0364. The summed E-state index contributed by atoms with van der Waals surface area (Å²) in [5.41, 5.74) is 3.25. The van der Waals surface area contributed by atoms with E-state index in [1.165, 1.54) is 5.56 Å². The number of rotatable bonds is 8. The molecule has 30 heavy (non-hydrogen) atoms. The number of nitrogens with two attached hydrogens (primary N) is 1. The predicted octanol–water partition coefficient (Wildman–Crippen LogP) is 3.70. The molecule has 0 amide bonds. The molecule has 0 aliphatic carbocycles. The van der Waals surface area contributed by atoms with Crippen molar-refractivity contribution < 1.29 is 5.32 Å². The molecule has 0 radical (unpaired) electrons. The zero-order chi connectivity index (χ0) is 20.8. The van der Waals surface area contributed by atoms with E-state index in [0.29, 0.717) is 11.9 Å². The van der Waals surface area contributed by atoms with Crippen LogP contribution in [0.15, 0.2) is 89.7 Å². The fraction of sp³-hybridized carbons (Fsp3) is 0.231. The van der Waals surface area contributed by atoms with Gasteiger partial charge in [0.25, 0.3) is 5.56 Å². The highest BCUT2D eigenvalue weighted by Gasteiger charge is 2.21. The first-order chi connectivity index (χ1) is 14.8. The molecule has 1 heterocycles. The maximum absolute atomic E-state index is 13.4. The van der Waals surface area contributed by atoms with Gasteiger partial charge in [-0.05, 0) is 23.3 Å². The van der Waals surface area contributed by atoms with Gasteiger partial charge in [0.05, 0.1) is 24.0 Å². The van der Waals surface area contributed by atoms with Crippen LogP contribution in [-0.4, -0.2) is 16.1 Å². The van der Waals surface area contributed by atoms with Crippen molar-refractivity contribution in [3.63, 3.8) is 0 Å². The van der Waals surface area contributed by atoms with E-state index in [1.807, 2.05) is 53.1 Å². The molecule has 152 valence electrons. The molecule has 0 unspecified atom stereocenters. The summed E-state index contributed by atoms with van der Waals surface area (Å²) < 4.78 is 1.87. The van der Waals surface area contributed by atoms with Crippen LogP contribution in [0.25, 0.3) is 10.9 Å². The highest BCUT2D eigenvalue weighted by molar-refractivity contribution is 5.77. The number of hydrogen-bond donors (Lipinski definition) is 1. The van der Waals surface area contributed by atoms with Crippen LogP contribution in [0.1, 0.15) is 36.3 Å². The molecule has 1 atom stereocenters. The fourth-order valence-electron chi connectivity index (χ4n) is 3.94. The molecule has 0 spiro atoms. The Hall–Kier alpha value is -3.24. The Kier molecular flexibility index (Phi) is 6.35. The fourth-order valence-corrected chi connectivity index (χ4v) is 3.94. The Morgan fingerprint density at radius 3 is 2.20 bits per heavy atom. The van der Waals surface area contributed by atoms with Gasteiger partial charge in [0.2, 0.25) is 0 Å². The van der Waals surface area contributed by atoms with Gasteiger partial charge in [-0.15, -0.1) is 0 Å². The molecule has 4 nitrogen and oxygen atoms in total. The Morgan fingerprint density at radius 1 is 0.867 bits per heavy atom. The zero-order valence-corrected chi connectivity index (χ0v) is 17.4. The normalized spacial score (nSPS) is 12.2. The molecule has 3 aromatic carbocycles. The first kappa shape index (κ1) is 20.0. The summed E-state index contributed by atoms with van der Waals surface area (Å²) in [6.07, 6.45) is 1.90. The summed E-state index contributed by atoms with van der Waals surface area (Å²) in [4.78, 5) is 18.3. The lowest BCUT2D eigenvalue weighted by atomic mass is 10.1. The van der Waals surface area contributed by atoms with Crippen molar-refractivity contribution >= 4 is 10.9 Å². The smallest absolute Gasteiger partial charge is 0.261 e. The molecule has 0 aliphatic heterocycles. The summed E-state index contributed by atoms with van der Waals surface area (Å²) >= 11 is 0. The maximum atomic E-state index is 13.4. The highest BCUT2D eigenvalue weighted by atomic mass is 16.1. The second kappa shape index (κ2) is 9.51. The van der Waals surface area contributed by atoms with Gasteiger partial charge < -0.3 is 5.32 Å². The van der Waals surface area contributed by atoms with E-state index in [1.54, 1.807) is 0 Å². The summed E-state index contributed by atoms with van der Waals surface area (Å²) in [5, 5.41) is 3.00. The van der Waals surface area contributed by atoms with Crippen molar-refractivity contribution in [2.24, 2.45) is 0 Å². The number of benzene rings is 3. The van der Waals surface area contributed by atoms with Crippen LogP contribution in [0.4, 0.5) is 0 Å². The molecule has 4 aromatic rings. The second-order valence-corrected chi connectivity index (χ2v) is 7.64. The monoisotopic (exact) mass is 398 g/mol. The van der Waals surface area contributed by atoms with E-state index in [-0.39, 0.29) is 11.6 Å². The van der Waals surface area contributed by atoms with Crippen molar-refractivity contribution in [2.75, 3.05) is 6.54 Å². The van der Waals surface area contributed by atoms with Crippen LogP contribution in [0.5, 0.6) is 0 Å². The van der Waals surface area contributed by atoms with E-state index >= 15 is 0 Å². The summed E-state index contributed by atoms with van der Waals surface area (Å²) in [7, 11) is 0. The van der Waals surface area contributed by atoms with Gasteiger partial charge in [-0.3, -0.25) is 9.36 Å². The number of aromatic nitrogens is 2. The van der Waals surface area contributed by atoms with E-state index in [4.69, 9.17) is 4.98 Å². The first-order valence-electron chi connectivity index (χ1n) is 10.7. The lowest BCUT2D eigenvalue weighted by Gasteiger charge is -2.19. The van der Waals surface area contributed by atoms with Crippen LogP contribution in [0.3, 0.4) is 0 Å². The first-order valence-corrected chi connectivity index (χ1v) is 10.7. The number of hydrogen-bond acceptors (Lipinski definition) is 2. The largest absolute Gasteiger partial charge is 0.337 e. The highest BCUT2D eigenvalue weighted by Crippen LogP contribution is 2.15. The average Bonchev–Trinajstić information content (AvgIpc) is 2.80. The van der Waals surface area contributed by atoms with E-state index in [2.05, 4.69) is 48.6 Å². The summed E-state index contributed by atoms with van der Waals surface area (Å²) in [6, 6.07) is 28.5. The third kappa shape index (κ3) is 4.50. The van der Waals surface area contributed by atoms with Gasteiger partial charge in [0.1, 0.15) is 6.04 Å². The average molecular weight is 399 g/mol. The Labute approximate surface area is 177 Å². The van der Waals surface area contributed by atoms with Gasteiger partial charge in [0.15, 0.2) is 5.82 Å². The molecule has 1 aromatic heterocycles. The molecular formula is C26H28N3O+. The van der Waals surface area contributed by atoms with Gasteiger partial charge >= 0.3 is 0 Å². The van der Waals surface area contributed by atoms with Crippen molar-refractivity contribution in [2.45, 2.75) is 32.4 Å². The molecule has 0 fully saturated rings. The molecule has 0 saturated heterocycles. The number of para-hydroxylation sites is 1. The third-order valence-electron chi connectivity index (χ3n) is 5.57. The Morgan fingerprint density at radius 2 is 1.50 bits per heavy atom. The molecule has 4 rings (SSSR count). The third-order valence-corrected chi connectivity index (χ3v) is 5.57. The van der Waals surface area contributed by atoms with Crippen molar-refractivity contribution in [3.8, 4) is 0 Å². The van der Waals surface area contributed by atoms with Crippen LogP contribution >= 0.6 is 0 Å². The second-order valence-electron chi connectivity index (χ2n) is 7.64. The standard InChI is InChI=1S/C26H27N3O/c1-2-23(27-18-17-20-11-5-3-6-12-20)25-28-24-16-10-9-15-22(24)26(30)29(25)19-21-13-7-4-8-14-21/h3-16,23,27H,2,17-19H2,1H3/p+1/t23-/m1/s1. The molecule has 4 heteroatoms. The Balaban J connectivity index is 1.67. The van der Waals surface area contributed by atoms with Gasteiger partial charge in [-0.25, -0.2) is 4.98 Å². The number of fused-ring (bicyclic) bond motifs is 1. The lowest BCUT2D eigenvalue weighted by molar-refractivity contribution is -0.697. The Bertz CT molecular complexity index is 1150. The zero-order valence-electron chi connectivity index (χ0n) is 17.4. The van der Waals surface area contributed by atoms with Crippen molar-refractivity contribution in [3.05, 3.63) is 112 Å². The minimum absolute atomic E-state index is 0.0364. The molecule has 2 N–H and O–H groups in total. The van der Waals surface area contributed by atoms with E-state index in [0.717, 1.165) is 36.3 Å². The molecule has 0 saturated carbocycles. The van der Waals surface area contributed by atoms with E-state index < -0.39 is 0 Å². The van der Waals surface area contributed by atoms with Gasteiger partial charge in [-0.1, -0.05) is 79.7 Å². The number of quaternary nitrogens is 1. The lowest BCUT2D eigenvalue weighted by Crippen LogP contribution is -2.86. The van der Waals surface area contributed by atoms with E-state index in [9.17, 15) is 4.79 Å². The van der Waals surface area contributed by atoms with Gasteiger partial charge in [-0.2, -0.15) is 0 Å². The van der Waals surface area contributed by atoms with Crippen LogP contribution in [0, 0.1) is 0 Å². The molecular weight excluding hydrogens is 370 g/mol. The van der Waals surface area contributed by atoms with Crippen molar-refractivity contribution in [1.29, 1.82) is 0 Å². The number of nitrogens with zero attached hydrogens (tertiary/aromatic N) is 2.